The number of aromatic nitrogens is 1. The fourth-order valence-corrected chi connectivity index (χ4v) is 2.91. The third kappa shape index (κ3) is 5.52. The van der Waals surface area contributed by atoms with E-state index in [1.54, 1.807) is 24.3 Å². The second-order valence-electron chi connectivity index (χ2n) is 6.68. The fraction of sp³-hybridized carbons (Fsp3) is 0.350. The molecular formula is C20H24N4O3. The first-order valence-corrected chi connectivity index (χ1v) is 8.95. The van der Waals surface area contributed by atoms with Crippen LogP contribution in [0, 0.1) is 12.8 Å². The van der Waals surface area contributed by atoms with Gasteiger partial charge in [0.1, 0.15) is 6.61 Å². The summed E-state index contributed by atoms with van der Waals surface area (Å²) in [5, 5.41) is 8.57. The smallest absolute Gasteiger partial charge is 0.319 e. The van der Waals surface area contributed by atoms with Crippen LogP contribution in [-0.2, 0) is 9.53 Å². The monoisotopic (exact) mass is 368 g/mol. The molecule has 3 rings (SSSR count). The molecule has 1 aromatic heterocycles. The number of aryl methyl sites for hydroxylation is 1. The van der Waals surface area contributed by atoms with E-state index in [2.05, 4.69) is 20.9 Å². The summed E-state index contributed by atoms with van der Waals surface area (Å²) in [6.07, 6.45) is 2.17. The largest absolute Gasteiger partial charge is 0.375 e. The minimum atomic E-state index is -0.296. The predicted molar refractivity (Wildman–Crippen MR) is 104 cm³/mol. The Morgan fingerprint density at radius 1 is 1.15 bits per heavy atom. The van der Waals surface area contributed by atoms with E-state index in [1.165, 1.54) is 7.11 Å². The number of amides is 3. The van der Waals surface area contributed by atoms with Crippen LogP contribution in [0.4, 0.5) is 16.2 Å². The average molecular weight is 368 g/mol. The highest BCUT2D eigenvalue weighted by molar-refractivity contribution is 5.94. The van der Waals surface area contributed by atoms with Gasteiger partial charge < -0.3 is 20.7 Å². The minimum Gasteiger partial charge on any atom is -0.375 e. The third-order valence-electron chi connectivity index (χ3n) is 4.29. The third-order valence-corrected chi connectivity index (χ3v) is 4.29. The van der Waals surface area contributed by atoms with Crippen LogP contribution in [0.2, 0.25) is 0 Å². The minimum absolute atomic E-state index is 0.0231. The van der Waals surface area contributed by atoms with Gasteiger partial charge >= 0.3 is 6.03 Å². The number of benzene rings is 1. The second kappa shape index (κ2) is 8.64. The van der Waals surface area contributed by atoms with Crippen LogP contribution in [0.5, 0.6) is 0 Å². The molecule has 0 unspecified atom stereocenters. The fourth-order valence-electron chi connectivity index (χ4n) is 2.91. The Bertz CT molecular complexity index is 820. The molecule has 3 N–H and O–H groups in total. The summed E-state index contributed by atoms with van der Waals surface area (Å²) in [6, 6.07) is 12.4. The summed E-state index contributed by atoms with van der Waals surface area (Å²) in [7, 11) is 1.46. The van der Waals surface area contributed by atoms with Gasteiger partial charge in [-0.05, 0) is 56.0 Å². The van der Waals surface area contributed by atoms with Crippen LogP contribution in [0.1, 0.15) is 30.3 Å². The summed E-state index contributed by atoms with van der Waals surface area (Å²) in [4.78, 5) is 28.7. The molecule has 1 heterocycles. The van der Waals surface area contributed by atoms with Gasteiger partial charge in [-0.2, -0.15) is 0 Å². The molecule has 1 fully saturated rings. The number of ether oxygens (including phenoxy) is 1. The molecule has 7 heteroatoms. The predicted octanol–water partition coefficient (Wildman–Crippen LogP) is 3.25. The van der Waals surface area contributed by atoms with Crippen molar-refractivity contribution in [1.29, 1.82) is 0 Å². The molecule has 0 aliphatic heterocycles. The van der Waals surface area contributed by atoms with Gasteiger partial charge in [-0.25, -0.2) is 4.79 Å². The van der Waals surface area contributed by atoms with E-state index in [1.807, 2.05) is 25.1 Å². The van der Waals surface area contributed by atoms with Gasteiger partial charge in [0.05, 0.1) is 11.7 Å². The number of nitrogens with zero attached hydrogens (tertiary/aromatic N) is 1. The number of nitrogens with one attached hydrogen (secondary N) is 3. The number of methoxy groups -OCH3 is 1. The number of pyridine rings is 1. The van der Waals surface area contributed by atoms with E-state index in [4.69, 9.17) is 4.74 Å². The van der Waals surface area contributed by atoms with Crippen molar-refractivity contribution >= 4 is 23.3 Å². The molecule has 7 nitrogen and oxygen atoms in total. The van der Waals surface area contributed by atoms with Gasteiger partial charge in [-0.3, -0.25) is 9.78 Å². The SMILES string of the molecule is COCC(=O)Nc1cccc(NC(=O)N[C@H](c2cccc(C)n2)C2CC2)c1. The van der Waals surface area contributed by atoms with Gasteiger partial charge in [0.2, 0.25) is 5.91 Å². The Hall–Kier alpha value is -2.93. The molecule has 1 aliphatic carbocycles. The maximum Gasteiger partial charge on any atom is 0.319 e. The molecule has 27 heavy (non-hydrogen) atoms. The normalized spacial score (nSPS) is 14.3. The lowest BCUT2D eigenvalue weighted by atomic mass is 10.1. The number of anilines is 2. The summed E-state index contributed by atoms with van der Waals surface area (Å²) in [6.45, 7) is 1.92. The lowest BCUT2D eigenvalue weighted by molar-refractivity contribution is -0.119. The first-order chi connectivity index (χ1) is 13.0. The average Bonchev–Trinajstić information content (AvgIpc) is 3.45. The van der Waals surface area contributed by atoms with Crippen molar-refractivity contribution in [2.45, 2.75) is 25.8 Å². The number of hydrogen-bond donors (Lipinski definition) is 3. The Kier molecular flexibility index (Phi) is 6.03. The lowest BCUT2D eigenvalue weighted by Crippen LogP contribution is -2.34. The zero-order chi connectivity index (χ0) is 19.2. The van der Waals surface area contributed by atoms with Crippen LogP contribution in [0.3, 0.4) is 0 Å². The number of rotatable bonds is 7. The first-order valence-electron chi connectivity index (χ1n) is 8.95. The maximum atomic E-state index is 12.5. The van der Waals surface area contributed by atoms with Crippen LogP contribution >= 0.6 is 0 Å². The molecule has 0 spiro atoms. The molecule has 142 valence electrons. The van der Waals surface area contributed by atoms with Crippen LogP contribution in [0.15, 0.2) is 42.5 Å². The molecular weight excluding hydrogens is 344 g/mol. The van der Waals surface area contributed by atoms with Crippen molar-refractivity contribution in [2.24, 2.45) is 5.92 Å². The molecule has 2 aromatic rings. The van der Waals surface area contributed by atoms with Gasteiger partial charge in [0.25, 0.3) is 0 Å². The van der Waals surface area contributed by atoms with E-state index >= 15 is 0 Å². The highest BCUT2D eigenvalue weighted by atomic mass is 16.5. The van der Waals surface area contributed by atoms with Gasteiger partial charge in [0, 0.05) is 24.2 Å². The standard InChI is InChI=1S/C20H24N4O3/c1-13-5-3-8-17(21-13)19(14-9-10-14)24-20(26)23-16-7-4-6-15(11-16)22-18(25)12-27-2/h3-8,11,14,19H,9-10,12H2,1-2H3,(H,22,25)(H2,23,24,26)/t19-/m0/s1. The Labute approximate surface area is 158 Å². The Morgan fingerprint density at radius 3 is 2.52 bits per heavy atom. The molecule has 0 radical (unpaired) electrons. The summed E-state index contributed by atoms with van der Waals surface area (Å²) in [5.41, 5.74) is 3.00. The Morgan fingerprint density at radius 2 is 1.85 bits per heavy atom. The highest BCUT2D eigenvalue weighted by Gasteiger charge is 2.34. The van der Waals surface area contributed by atoms with Gasteiger partial charge in [-0.15, -0.1) is 0 Å². The van der Waals surface area contributed by atoms with E-state index < -0.39 is 0 Å². The van der Waals surface area contributed by atoms with Crippen molar-refractivity contribution in [1.82, 2.24) is 10.3 Å². The van der Waals surface area contributed by atoms with Gasteiger partial charge in [0.15, 0.2) is 0 Å². The topological polar surface area (TPSA) is 92.4 Å². The quantitative estimate of drug-likeness (QED) is 0.699. The molecule has 1 atom stereocenters. The molecule has 3 amide bonds. The zero-order valence-electron chi connectivity index (χ0n) is 15.5. The van der Waals surface area contributed by atoms with E-state index in [9.17, 15) is 9.59 Å². The van der Waals surface area contributed by atoms with E-state index in [0.717, 1.165) is 24.2 Å². The molecule has 0 bridgehead atoms. The highest BCUT2D eigenvalue weighted by Crippen LogP contribution is 2.40. The number of carbonyl (C=O) groups excluding carboxylic acids is 2. The van der Waals surface area contributed by atoms with Crippen molar-refractivity contribution in [3.8, 4) is 0 Å². The van der Waals surface area contributed by atoms with Crippen molar-refractivity contribution in [2.75, 3.05) is 24.4 Å². The van der Waals surface area contributed by atoms with E-state index in [0.29, 0.717) is 17.3 Å². The molecule has 0 saturated heterocycles. The van der Waals surface area contributed by atoms with Gasteiger partial charge in [-0.1, -0.05) is 12.1 Å². The second-order valence-corrected chi connectivity index (χ2v) is 6.68. The van der Waals surface area contributed by atoms with Crippen LogP contribution in [0.25, 0.3) is 0 Å². The summed E-state index contributed by atoms with van der Waals surface area (Å²) < 4.78 is 4.80. The van der Waals surface area contributed by atoms with Crippen molar-refractivity contribution in [3.05, 3.63) is 53.9 Å². The summed E-state index contributed by atoms with van der Waals surface area (Å²) in [5.74, 6) is 0.170. The zero-order valence-corrected chi connectivity index (χ0v) is 15.5. The number of urea groups is 1. The molecule has 1 aliphatic rings. The van der Waals surface area contributed by atoms with Crippen LogP contribution < -0.4 is 16.0 Å². The summed E-state index contributed by atoms with van der Waals surface area (Å²) >= 11 is 0. The molecule has 1 aromatic carbocycles. The molecule has 1 saturated carbocycles. The van der Waals surface area contributed by atoms with Crippen molar-refractivity contribution < 1.29 is 14.3 Å². The van der Waals surface area contributed by atoms with Crippen molar-refractivity contribution in [3.63, 3.8) is 0 Å². The number of carbonyl (C=O) groups is 2. The van der Waals surface area contributed by atoms with E-state index in [-0.39, 0.29) is 24.6 Å². The maximum absolute atomic E-state index is 12.5. The number of hydrogen-bond acceptors (Lipinski definition) is 4. The van der Waals surface area contributed by atoms with Crippen LogP contribution in [-0.4, -0.2) is 30.6 Å². The first kappa shape index (κ1) is 18.8. The lowest BCUT2D eigenvalue weighted by Gasteiger charge is -2.19. The Balaban J connectivity index is 1.63.